The topological polar surface area (TPSA) is 59.9 Å². The van der Waals surface area contributed by atoms with Gasteiger partial charge < -0.3 is 9.47 Å². The van der Waals surface area contributed by atoms with Gasteiger partial charge in [0.05, 0.1) is 12.8 Å². The third-order valence-electron chi connectivity index (χ3n) is 4.24. The van der Waals surface area contributed by atoms with Gasteiger partial charge in [0.1, 0.15) is 18.1 Å². The van der Waals surface area contributed by atoms with Crippen molar-refractivity contribution in [2.75, 3.05) is 13.2 Å². The number of ether oxygens (including phenoxy) is 2. The summed E-state index contributed by atoms with van der Waals surface area (Å²) in [7, 11) is 0. The molecule has 29 heavy (non-hydrogen) atoms. The van der Waals surface area contributed by atoms with E-state index >= 15 is 0 Å². The molecule has 0 aliphatic carbocycles. The van der Waals surface area contributed by atoms with E-state index in [1.807, 2.05) is 43.3 Å². The van der Waals surface area contributed by atoms with Gasteiger partial charge in [-0.3, -0.25) is 4.79 Å². The Bertz CT molecular complexity index is 1010. The van der Waals surface area contributed by atoms with Crippen LogP contribution >= 0.6 is 0 Å². The standard InChI is InChI=1S/C24H24N2O3/c1-3-15-28-20-12-9-19(10-13-20)24(27)26-25-17-22-21-8-6-5-7-18(21)11-14-23(22)29-16-4-2/h4-14,17H,2-3,15-16H2,1H3,(H,26,27)/b25-17-. The molecule has 0 heterocycles. The molecule has 0 spiro atoms. The Hall–Kier alpha value is -3.60. The number of benzene rings is 3. The summed E-state index contributed by atoms with van der Waals surface area (Å²) in [5, 5.41) is 6.20. The monoisotopic (exact) mass is 388 g/mol. The van der Waals surface area contributed by atoms with Gasteiger partial charge in [-0.05, 0) is 47.5 Å². The fraction of sp³-hybridized carbons (Fsp3) is 0.167. The number of amides is 1. The Morgan fingerprint density at radius 2 is 1.86 bits per heavy atom. The molecular formula is C24H24N2O3. The number of fused-ring (bicyclic) bond motifs is 1. The molecule has 3 aromatic carbocycles. The normalized spacial score (nSPS) is 10.8. The lowest BCUT2D eigenvalue weighted by Crippen LogP contribution is -2.17. The highest BCUT2D eigenvalue weighted by Crippen LogP contribution is 2.26. The average molecular weight is 388 g/mol. The average Bonchev–Trinajstić information content (AvgIpc) is 2.77. The summed E-state index contributed by atoms with van der Waals surface area (Å²) in [6.07, 6.45) is 4.23. The molecule has 5 nitrogen and oxygen atoms in total. The lowest BCUT2D eigenvalue weighted by Gasteiger charge is -2.10. The van der Waals surface area contributed by atoms with Gasteiger partial charge in [-0.15, -0.1) is 0 Å². The van der Waals surface area contributed by atoms with Crippen molar-refractivity contribution in [2.45, 2.75) is 13.3 Å². The smallest absolute Gasteiger partial charge is 0.271 e. The van der Waals surface area contributed by atoms with E-state index in [4.69, 9.17) is 9.47 Å². The van der Waals surface area contributed by atoms with E-state index in [2.05, 4.69) is 17.1 Å². The maximum absolute atomic E-state index is 12.4. The van der Waals surface area contributed by atoms with Crippen LogP contribution in [0.2, 0.25) is 0 Å². The van der Waals surface area contributed by atoms with Crippen LogP contribution in [0.25, 0.3) is 10.8 Å². The van der Waals surface area contributed by atoms with E-state index < -0.39 is 0 Å². The minimum Gasteiger partial charge on any atom is -0.494 e. The number of nitrogens with zero attached hydrogens (tertiary/aromatic N) is 1. The van der Waals surface area contributed by atoms with Crippen molar-refractivity contribution in [1.82, 2.24) is 5.43 Å². The first-order valence-electron chi connectivity index (χ1n) is 9.54. The second-order valence-electron chi connectivity index (χ2n) is 6.37. The quantitative estimate of drug-likeness (QED) is 0.320. The molecule has 0 radical (unpaired) electrons. The van der Waals surface area contributed by atoms with Crippen molar-refractivity contribution in [3.05, 3.63) is 84.4 Å². The van der Waals surface area contributed by atoms with Crippen LogP contribution in [-0.4, -0.2) is 25.3 Å². The summed E-state index contributed by atoms with van der Waals surface area (Å²) < 4.78 is 11.3. The zero-order chi connectivity index (χ0) is 20.5. The van der Waals surface area contributed by atoms with Crippen LogP contribution in [0, 0.1) is 0 Å². The minimum atomic E-state index is -0.294. The largest absolute Gasteiger partial charge is 0.494 e. The SMILES string of the molecule is C=CCOc1ccc2ccccc2c1/C=N\NC(=O)c1ccc(OCCC)cc1. The number of hydrogen-bond donors (Lipinski definition) is 1. The summed E-state index contributed by atoms with van der Waals surface area (Å²) >= 11 is 0. The van der Waals surface area contributed by atoms with Crippen LogP contribution in [0.5, 0.6) is 11.5 Å². The van der Waals surface area contributed by atoms with Crippen LogP contribution in [0.3, 0.4) is 0 Å². The van der Waals surface area contributed by atoms with Gasteiger partial charge in [0.15, 0.2) is 0 Å². The van der Waals surface area contributed by atoms with Crippen LogP contribution in [0.4, 0.5) is 0 Å². The molecule has 0 bridgehead atoms. The maximum atomic E-state index is 12.4. The second-order valence-corrected chi connectivity index (χ2v) is 6.37. The summed E-state index contributed by atoms with van der Waals surface area (Å²) in [6.45, 7) is 6.77. The number of carbonyl (C=O) groups is 1. The molecule has 1 amide bonds. The Labute approximate surface area is 170 Å². The number of hydrazone groups is 1. The molecule has 0 aliphatic heterocycles. The molecule has 148 valence electrons. The molecule has 5 heteroatoms. The van der Waals surface area contributed by atoms with Gasteiger partial charge in [-0.2, -0.15) is 5.10 Å². The highest BCUT2D eigenvalue weighted by molar-refractivity contribution is 6.03. The lowest BCUT2D eigenvalue weighted by molar-refractivity contribution is 0.0955. The van der Waals surface area contributed by atoms with Crippen molar-refractivity contribution in [3.8, 4) is 11.5 Å². The molecule has 0 fully saturated rings. The lowest BCUT2D eigenvalue weighted by atomic mass is 10.0. The fourth-order valence-corrected chi connectivity index (χ4v) is 2.83. The molecule has 0 atom stereocenters. The third-order valence-corrected chi connectivity index (χ3v) is 4.24. The van der Waals surface area contributed by atoms with Crippen molar-refractivity contribution in [1.29, 1.82) is 0 Å². The van der Waals surface area contributed by atoms with E-state index in [1.54, 1.807) is 36.6 Å². The highest BCUT2D eigenvalue weighted by atomic mass is 16.5. The van der Waals surface area contributed by atoms with Crippen molar-refractivity contribution >= 4 is 22.9 Å². The summed E-state index contributed by atoms with van der Waals surface area (Å²) in [4.78, 5) is 12.4. The predicted octanol–water partition coefficient (Wildman–Crippen LogP) is 4.96. The Morgan fingerprint density at radius 3 is 2.62 bits per heavy atom. The Kier molecular flexibility index (Phi) is 7.00. The van der Waals surface area contributed by atoms with Crippen molar-refractivity contribution < 1.29 is 14.3 Å². The zero-order valence-corrected chi connectivity index (χ0v) is 16.4. The first kappa shape index (κ1) is 20.1. The van der Waals surface area contributed by atoms with Gasteiger partial charge in [-0.1, -0.05) is 49.9 Å². The molecule has 0 aromatic heterocycles. The Morgan fingerprint density at radius 1 is 1.07 bits per heavy atom. The second kappa shape index (κ2) is 10.1. The molecule has 1 N–H and O–H groups in total. The van der Waals surface area contributed by atoms with Gasteiger partial charge in [0.25, 0.3) is 5.91 Å². The zero-order valence-electron chi connectivity index (χ0n) is 16.4. The van der Waals surface area contributed by atoms with Crippen molar-refractivity contribution in [3.63, 3.8) is 0 Å². The first-order chi connectivity index (χ1) is 14.2. The Balaban J connectivity index is 1.76. The maximum Gasteiger partial charge on any atom is 0.271 e. The van der Waals surface area contributed by atoms with Crippen LogP contribution in [0.15, 0.2) is 78.4 Å². The van der Waals surface area contributed by atoms with E-state index in [0.29, 0.717) is 24.5 Å². The molecular weight excluding hydrogens is 364 g/mol. The molecule has 0 saturated carbocycles. The number of rotatable bonds is 9. The highest BCUT2D eigenvalue weighted by Gasteiger charge is 2.08. The van der Waals surface area contributed by atoms with Crippen molar-refractivity contribution in [2.24, 2.45) is 5.10 Å². The first-order valence-corrected chi connectivity index (χ1v) is 9.54. The van der Waals surface area contributed by atoms with Crippen LogP contribution in [-0.2, 0) is 0 Å². The minimum absolute atomic E-state index is 0.294. The predicted molar refractivity (Wildman–Crippen MR) is 117 cm³/mol. The molecule has 0 aliphatic rings. The van der Waals surface area contributed by atoms with Crippen LogP contribution in [0.1, 0.15) is 29.3 Å². The van der Waals surface area contributed by atoms with Gasteiger partial charge in [-0.25, -0.2) is 5.43 Å². The third kappa shape index (κ3) is 5.23. The summed E-state index contributed by atoms with van der Waals surface area (Å²) in [6, 6.07) is 18.8. The van der Waals surface area contributed by atoms with Gasteiger partial charge in [0, 0.05) is 11.1 Å². The number of hydrogen-bond acceptors (Lipinski definition) is 4. The van der Waals surface area contributed by atoms with Gasteiger partial charge >= 0.3 is 0 Å². The van der Waals surface area contributed by atoms with E-state index in [0.717, 1.165) is 28.5 Å². The van der Waals surface area contributed by atoms with E-state index in [1.165, 1.54) is 0 Å². The molecule has 0 unspecified atom stereocenters. The van der Waals surface area contributed by atoms with Gasteiger partial charge in [0.2, 0.25) is 0 Å². The fourth-order valence-electron chi connectivity index (χ4n) is 2.83. The molecule has 0 saturated heterocycles. The molecule has 3 aromatic rings. The summed E-state index contributed by atoms with van der Waals surface area (Å²) in [5.74, 6) is 1.13. The number of carbonyl (C=O) groups excluding carboxylic acids is 1. The number of nitrogens with one attached hydrogen (secondary N) is 1. The van der Waals surface area contributed by atoms with Crippen LogP contribution < -0.4 is 14.9 Å². The summed E-state index contributed by atoms with van der Waals surface area (Å²) in [5.41, 5.74) is 3.88. The molecule has 3 rings (SSSR count). The van der Waals surface area contributed by atoms with E-state index in [9.17, 15) is 4.79 Å². The van der Waals surface area contributed by atoms with E-state index in [-0.39, 0.29) is 5.91 Å².